The molecular weight excluding hydrogens is 366 g/mol. The van der Waals surface area contributed by atoms with Gasteiger partial charge in [0.1, 0.15) is 0 Å². The lowest BCUT2D eigenvalue weighted by molar-refractivity contribution is -0.124. The second kappa shape index (κ2) is 7.76. The average molecular weight is 398 g/mol. The van der Waals surface area contributed by atoms with Crippen LogP contribution in [0.3, 0.4) is 0 Å². The van der Waals surface area contributed by atoms with E-state index in [0.29, 0.717) is 17.5 Å². The fourth-order valence-corrected chi connectivity index (χ4v) is 4.15. The minimum Gasteiger partial charge on any atom is -0.387 e. The summed E-state index contributed by atoms with van der Waals surface area (Å²) in [4.78, 5) is 29.5. The van der Waals surface area contributed by atoms with E-state index in [2.05, 4.69) is 4.90 Å². The van der Waals surface area contributed by atoms with Gasteiger partial charge in [0.2, 0.25) is 0 Å². The Morgan fingerprint density at radius 3 is 2.45 bits per heavy atom. The minimum atomic E-state index is -1.03. The first kappa shape index (κ1) is 21.3. The van der Waals surface area contributed by atoms with Crippen molar-refractivity contribution in [3.8, 4) is 11.1 Å². The Hall–Kier alpha value is -2.44. The first-order valence-electron chi connectivity index (χ1n) is 9.96. The second-order valence-corrected chi connectivity index (χ2v) is 9.04. The van der Waals surface area contributed by atoms with E-state index in [1.807, 2.05) is 51.2 Å². The van der Waals surface area contributed by atoms with Crippen molar-refractivity contribution in [1.29, 1.82) is 0 Å². The van der Waals surface area contributed by atoms with Gasteiger partial charge in [0.05, 0.1) is 17.7 Å². The topological polar surface area (TPSA) is 65.8 Å². The number of benzene rings is 1. The number of nitrogens with zero attached hydrogens (tertiary/aromatic N) is 3. The van der Waals surface area contributed by atoms with Crippen molar-refractivity contribution in [2.45, 2.75) is 32.4 Å². The lowest BCUT2D eigenvalue weighted by Crippen LogP contribution is -2.59. The second-order valence-electron chi connectivity index (χ2n) is 9.04. The van der Waals surface area contributed by atoms with E-state index in [1.54, 1.807) is 20.3 Å². The van der Waals surface area contributed by atoms with E-state index in [0.717, 1.165) is 18.7 Å². The van der Waals surface area contributed by atoms with Crippen LogP contribution in [0.4, 0.5) is 0 Å². The molecule has 0 bridgehead atoms. The van der Waals surface area contributed by atoms with E-state index in [-0.39, 0.29) is 23.4 Å². The van der Waals surface area contributed by atoms with Crippen molar-refractivity contribution in [2.75, 3.05) is 34.2 Å². The smallest absolute Gasteiger partial charge is 0.255 e. The summed E-state index contributed by atoms with van der Waals surface area (Å²) in [6.07, 6.45) is 2.18. The third-order valence-corrected chi connectivity index (χ3v) is 6.11. The minimum absolute atomic E-state index is 0.162. The molecule has 1 aliphatic heterocycles. The Morgan fingerprint density at radius 1 is 1.21 bits per heavy atom. The molecular formula is C23H31N3O3. The van der Waals surface area contributed by atoms with Gasteiger partial charge in [0.25, 0.3) is 11.5 Å². The van der Waals surface area contributed by atoms with Crippen molar-refractivity contribution in [1.82, 2.24) is 14.4 Å². The fraction of sp³-hybridized carbons (Fsp3) is 0.478. The number of amides is 1. The molecule has 1 unspecified atom stereocenters. The third kappa shape index (κ3) is 4.14. The normalized spacial score (nSPS) is 21.7. The SMILES string of the molecule is CN1CCC(O)(Cn2cc(C(=O)N(C)C)c(-c3ccccc3)cc2=O)C(C)(C)C1. The maximum absolute atomic E-state index is 13.0. The molecule has 1 aromatic heterocycles. The number of aliphatic hydroxyl groups is 1. The quantitative estimate of drug-likeness (QED) is 0.860. The van der Waals surface area contributed by atoms with Gasteiger partial charge in [0, 0.05) is 50.4 Å². The molecule has 1 aliphatic rings. The van der Waals surface area contributed by atoms with Gasteiger partial charge in [0.15, 0.2) is 0 Å². The van der Waals surface area contributed by atoms with E-state index in [1.165, 1.54) is 15.5 Å². The number of likely N-dealkylation sites (tertiary alicyclic amines) is 1. The number of hydrogen-bond acceptors (Lipinski definition) is 4. The zero-order chi connectivity index (χ0) is 21.4. The molecule has 6 nitrogen and oxygen atoms in total. The van der Waals surface area contributed by atoms with Crippen LogP contribution in [0.2, 0.25) is 0 Å². The number of hydrogen-bond donors (Lipinski definition) is 1. The highest BCUT2D eigenvalue weighted by Gasteiger charge is 2.47. The Bertz CT molecular complexity index is 950. The van der Waals surface area contributed by atoms with Crippen LogP contribution >= 0.6 is 0 Å². The summed E-state index contributed by atoms with van der Waals surface area (Å²) < 4.78 is 1.50. The summed E-state index contributed by atoms with van der Waals surface area (Å²) >= 11 is 0. The average Bonchev–Trinajstić information content (AvgIpc) is 2.66. The molecule has 1 amide bonds. The summed E-state index contributed by atoms with van der Waals surface area (Å²) in [7, 11) is 5.43. The predicted molar refractivity (Wildman–Crippen MR) is 115 cm³/mol. The lowest BCUT2D eigenvalue weighted by atomic mass is 9.70. The summed E-state index contributed by atoms with van der Waals surface area (Å²) in [6.45, 7) is 5.72. The molecule has 1 saturated heterocycles. The number of carbonyl (C=O) groups is 1. The number of aromatic nitrogens is 1. The van der Waals surface area contributed by atoms with E-state index >= 15 is 0 Å². The van der Waals surface area contributed by atoms with Crippen LogP contribution < -0.4 is 5.56 Å². The zero-order valence-electron chi connectivity index (χ0n) is 18.0. The van der Waals surface area contributed by atoms with Gasteiger partial charge in [-0.15, -0.1) is 0 Å². The fourth-order valence-electron chi connectivity index (χ4n) is 4.15. The first-order valence-corrected chi connectivity index (χ1v) is 9.96. The van der Waals surface area contributed by atoms with Crippen LogP contribution in [0.25, 0.3) is 11.1 Å². The van der Waals surface area contributed by atoms with Crippen LogP contribution in [-0.4, -0.2) is 65.2 Å². The molecule has 0 spiro atoms. The van der Waals surface area contributed by atoms with Crippen molar-refractivity contribution >= 4 is 5.91 Å². The number of rotatable bonds is 4. The number of piperidine rings is 1. The van der Waals surface area contributed by atoms with Crippen LogP contribution in [0, 0.1) is 5.41 Å². The molecule has 0 saturated carbocycles. The van der Waals surface area contributed by atoms with Gasteiger partial charge in [-0.1, -0.05) is 44.2 Å². The highest BCUT2D eigenvalue weighted by molar-refractivity contribution is 6.00. The molecule has 1 N–H and O–H groups in total. The molecule has 6 heteroatoms. The number of carbonyl (C=O) groups excluding carboxylic acids is 1. The lowest BCUT2D eigenvalue weighted by Gasteiger charge is -2.49. The maximum Gasteiger partial charge on any atom is 0.255 e. The standard InChI is InChI=1S/C23H31N3O3/c1-22(2)15-25(5)12-11-23(22,29)16-26-14-19(21(28)24(3)4)18(13-20(26)27)17-9-7-6-8-10-17/h6-10,13-14,29H,11-12,15-16H2,1-5H3. The molecule has 0 aliphatic carbocycles. The molecule has 2 aromatic rings. The zero-order valence-corrected chi connectivity index (χ0v) is 18.0. The van der Waals surface area contributed by atoms with Gasteiger partial charge >= 0.3 is 0 Å². The Balaban J connectivity index is 2.08. The monoisotopic (exact) mass is 397 g/mol. The highest BCUT2D eigenvalue weighted by atomic mass is 16.3. The van der Waals surface area contributed by atoms with Gasteiger partial charge < -0.3 is 19.5 Å². The van der Waals surface area contributed by atoms with E-state index in [9.17, 15) is 14.7 Å². The van der Waals surface area contributed by atoms with Gasteiger partial charge in [-0.3, -0.25) is 9.59 Å². The van der Waals surface area contributed by atoms with Crippen molar-refractivity contribution in [2.24, 2.45) is 5.41 Å². The molecule has 2 heterocycles. The van der Waals surface area contributed by atoms with Gasteiger partial charge in [-0.2, -0.15) is 0 Å². The van der Waals surface area contributed by atoms with Crippen LogP contribution in [0.5, 0.6) is 0 Å². The predicted octanol–water partition coefficient (Wildman–Crippen LogP) is 2.31. The molecule has 29 heavy (non-hydrogen) atoms. The Labute approximate surface area is 172 Å². The van der Waals surface area contributed by atoms with Crippen molar-refractivity contribution < 1.29 is 9.90 Å². The summed E-state index contributed by atoms with van der Waals surface area (Å²) in [5.74, 6) is -0.174. The van der Waals surface area contributed by atoms with Gasteiger partial charge in [-0.05, 0) is 19.0 Å². The Kier molecular flexibility index (Phi) is 5.70. The maximum atomic E-state index is 13.0. The van der Waals surface area contributed by atoms with Crippen LogP contribution in [0.15, 0.2) is 47.4 Å². The first-order chi connectivity index (χ1) is 13.5. The summed E-state index contributed by atoms with van der Waals surface area (Å²) in [5.41, 5.74) is 0.247. The molecule has 1 fully saturated rings. The number of pyridine rings is 1. The van der Waals surface area contributed by atoms with Crippen molar-refractivity contribution in [3.05, 3.63) is 58.5 Å². The van der Waals surface area contributed by atoms with Gasteiger partial charge in [-0.25, -0.2) is 0 Å². The molecule has 3 rings (SSSR count). The van der Waals surface area contributed by atoms with Crippen LogP contribution in [-0.2, 0) is 6.54 Å². The van der Waals surface area contributed by atoms with Crippen molar-refractivity contribution in [3.63, 3.8) is 0 Å². The third-order valence-electron chi connectivity index (χ3n) is 6.11. The molecule has 1 atom stereocenters. The largest absolute Gasteiger partial charge is 0.387 e. The van der Waals surface area contributed by atoms with E-state index in [4.69, 9.17) is 0 Å². The molecule has 0 radical (unpaired) electrons. The summed E-state index contributed by atoms with van der Waals surface area (Å²) in [6, 6.07) is 11.0. The Morgan fingerprint density at radius 2 is 1.86 bits per heavy atom. The molecule has 156 valence electrons. The van der Waals surface area contributed by atoms with E-state index < -0.39 is 5.60 Å². The highest BCUT2D eigenvalue weighted by Crippen LogP contribution is 2.39. The summed E-state index contributed by atoms with van der Waals surface area (Å²) in [5, 5.41) is 11.4. The van der Waals surface area contributed by atoms with Crippen LogP contribution in [0.1, 0.15) is 30.6 Å². The molecule has 1 aromatic carbocycles.